The molecule has 0 fully saturated rings. The van der Waals surface area contributed by atoms with E-state index >= 15 is 0 Å². The van der Waals surface area contributed by atoms with E-state index in [2.05, 4.69) is 44.3 Å². The molecule has 0 bridgehead atoms. The van der Waals surface area contributed by atoms with Gasteiger partial charge in [0, 0.05) is 46.7 Å². The van der Waals surface area contributed by atoms with E-state index in [0.29, 0.717) is 29.2 Å². The maximum atomic E-state index is 14.1. The van der Waals surface area contributed by atoms with Gasteiger partial charge in [-0.05, 0) is 157 Å². The van der Waals surface area contributed by atoms with Crippen LogP contribution in [0, 0.1) is 12.3 Å². The monoisotopic (exact) mass is 817 g/mol. The summed E-state index contributed by atoms with van der Waals surface area (Å²) in [5.74, 6) is 1.79. The van der Waals surface area contributed by atoms with Gasteiger partial charge in [0.25, 0.3) is 11.8 Å². The van der Waals surface area contributed by atoms with Crippen LogP contribution >= 0.6 is 0 Å². The first-order valence-electron chi connectivity index (χ1n) is 21.8. The molecule has 5 aromatic carbocycles. The number of para-hydroxylation sites is 2. The fourth-order valence-electron chi connectivity index (χ4n) is 9.74. The number of fused-ring (bicyclic) bond motifs is 8. The number of anilines is 3. The van der Waals surface area contributed by atoms with Crippen molar-refractivity contribution in [3.8, 4) is 17.2 Å². The summed E-state index contributed by atoms with van der Waals surface area (Å²) >= 11 is 0. The molecule has 1 N–H and O–H groups in total. The van der Waals surface area contributed by atoms with Crippen molar-refractivity contribution < 1.29 is 28.6 Å². The standard InChI is InChI=1S/C52H55N3O6/c1-32-21-42-35(16-18-40-25-37-11-6-8-13-44(37)54(40)50(42)57)27-46(32)60-30-33-22-34(24-39(23-33)53-49(56)15-10-20-52(2,3)4)31-61-48-28-36-17-19-41-26-38-12-7-9-14-45(38)55(41)51(58)43(36)29-47(48)59-5/h6-9,11-14,21-24,27-29,40-41H,10,15-20,25-26,30-31H2,1-5H3,(H,53,56)/t40-,41-/m1/s1. The molecule has 9 heteroatoms. The highest BCUT2D eigenvalue weighted by Crippen LogP contribution is 2.42. The van der Waals surface area contributed by atoms with Crippen molar-refractivity contribution >= 4 is 34.8 Å². The minimum Gasteiger partial charge on any atom is -0.493 e. The smallest absolute Gasteiger partial charge is 0.258 e. The number of carbonyl (C=O) groups excluding carboxylic acids is 3. The molecule has 5 aromatic rings. The van der Waals surface area contributed by atoms with E-state index in [4.69, 9.17) is 14.2 Å². The predicted molar refractivity (Wildman–Crippen MR) is 239 cm³/mol. The Kier molecular flexibility index (Phi) is 10.8. The largest absolute Gasteiger partial charge is 0.493 e. The van der Waals surface area contributed by atoms with Crippen LogP contribution in [0.5, 0.6) is 17.2 Å². The lowest BCUT2D eigenvalue weighted by atomic mass is 9.90. The van der Waals surface area contributed by atoms with Gasteiger partial charge in [-0.25, -0.2) is 0 Å². The lowest BCUT2D eigenvalue weighted by Gasteiger charge is -2.23. The van der Waals surface area contributed by atoms with Crippen molar-refractivity contribution in [2.24, 2.45) is 5.41 Å². The number of nitrogens with zero attached hydrogens (tertiary/aromatic N) is 2. The molecule has 0 aliphatic carbocycles. The Labute approximate surface area is 359 Å². The van der Waals surface area contributed by atoms with E-state index in [1.165, 1.54) is 11.1 Å². The van der Waals surface area contributed by atoms with Gasteiger partial charge >= 0.3 is 0 Å². The van der Waals surface area contributed by atoms with Gasteiger partial charge in [-0.1, -0.05) is 57.2 Å². The maximum absolute atomic E-state index is 14.1. The molecule has 4 heterocycles. The molecular formula is C52H55N3O6. The first-order chi connectivity index (χ1) is 29.4. The third-order valence-corrected chi connectivity index (χ3v) is 12.8. The van der Waals surface area contributed by atoms with E-state index < -0.39 is 0 Å². The molecule has 4 aliphatic rings. The third kappa shape index (κ3) is 8.22. The Morgan fingerprint density at radius 2 is 1.23 bits per heavy atom. The summed E-state index contributed by atoms with van der Waals surface area (Å²) in [5.41, 5.74) is 11.2. The second-order valence-electron chi connectivity index (χ2n) is 18.4. The normalized spacial score (nSPS) is 17.6. The van der Waals surface area contributed by atoms with Gasteiger partial charge in [0.05, 0.1) is 7.11 Å². The summed E-state index contributed by atoms with van der Waals surface area (Å²) in [6.45, 7) is 9.00. The number of rotatable bonds is 11. The van der Waals surface area contributed by atoms with Gasteiger partial charge in [-0.3, -0.25) is 14.4 Å². The molecule has 0 aromatic heterocycles. The van der Waals surface area contributed by atoms with Gasteiger partial charge < -0.3 is 29.3 Å². The zero-order valence-electron chi connectivity index (χ0n) is 35.9. The Morgan fingerprint density at radius 1 is 0.689 bits per heavy atom. The average Bonchev–Trinajstić information content (AvgIpc) is 3.73. The van der Waals surface area contributed by atoms with Crippen molar-refractivity contribution in [3.05, 3.63) is 141 Å². The molecular weight excluding hydrogens is 763 g/mol. The molecule has 0 saturated carbocycles. The van der Waals surface area contributed by atoms with Crippen molar-refractivity contribution in [1.82, 2.24) is 0 Å². The Morgan fingerprint density at radius 3 is 1.80 bits per heavy atom. The Hall–Kier alpha value is -6.09. The highest BCUT2D eigenvalue weighted by atomic mass is 16.5. The van der Waals surface area contributed by atoms with Crippen LogP contribution in [0.3, 0.4) is 0 Å². The number of hydrogen-bond donors (Lipinski definition) is 1. The number of nitrogens with one attached hydrogen (secondary N) is 1. The highest BCUT2D eigenvalue weighted by Gasteiger charge is 2.39. The predicted octanol–water partition coefficient (Wildman–Crippen LogP) is 10.4. The molecule has 3 amide bonds. The second-order valence-corrected chi connectivity index (χ2v) is 18.4. The van der Waals surface area contributed by atoms with Crippen LogP contribution in [0.25, 0.3) is 0 Å². The maximum Gasteiger partial charge on any atom is 0.258 e. The first-order valence-corrected chi connectivity index (χ1v) is 21.8. The van der Waals surface area contributed by atoms with E-state index in [-0.39, 0.29) is 48.4 Å². The number of aryl methyl sites for hydroxylation is 3. The topological polar surface area (TPSA) is 97.4 Å². The van der Waals surface area contributed by atoms with Crippen molar-refractivity contribution in [1.29, 1.82) is 0 Å². The Balaban J connectivity index is 0.949. The van der Waals surface area contributed by atoms with Crippen LogP contribution in [-0.4, -0.2) is 36.9 Å². The molecule has 314 valence electrons. The number of benzene rings is 5. The fourth-order valence-corrected chi connectivity index (χ4v) is 9.74. The van der Waals surface area contributed by atoms with E-state index in [1.54, 1.807) is 7.11 Å². The molecule has 9 rings (SSSR count). The highest BCUT2D eigenvalue weighted by molar-refractivity contribution is 6.10. The third-order valence-electron chi connectivity index (χ3n) is 12.8. The molecule has 0 radical (unpaired) electrons. The minimum atomic E-state index is -0.0381. The molecule has 9 nitrogen and oxygen atoms in total. The summed E-state index contributed by atoms with van der Waals surface area (Å²) in [4.78, 5) is 45.2. The van der Waals surface area contributed by atoms with Crippen molar-refractivity contribution in [2.45, 2.75) is 111 Å². The fraction of sp³-hybridized carbons (Fsp3) is 0.365. The summed E-state index contributed by atoms with van der Waals surface area (Å²) in [6, 6.07) is 30.4. The SMILES string of the molecule is COc1cc2c(cc1OCc1cc(COc3cc4c(cc3C)C(=O)N3c5ccccc5C[C@H]3CC4)cc(NC(=O)CCCC(C)(C)C)c1)CC[C@@H]1Cc3ccccc3N1C2=O. The summed E-state index contributed by atoms with van der Waals surface area (Å²) in [7, 11) is 1.59. The Bertz CT molecular complexity index is 2540. The molecule has 0 spiro atoms. The van der Waals surface area contributed by atoms with Crippen molar-refractivity contribution in [3.63, 3.8) is 0 Å². The zero-order valence-corrected chi connectivity index (χ0v) is 35.9. The van der Waals surface area contributed by atoms with Crippen molar-refractivity contribution in [2.75, 3.05) is 22.2 Å². The summed E-state index contributed by atoms with van der Waals surface area (Å²) in [5, 5.41) is 3.14. The van der Waals surface area contributed by atoms with E-state index in [1.807, 2.05) is 89.5 Å². The summed E-state index contributed by atoms with van der Waals surface area (Å²) in [6.07, 6.45) is 7.18. The molecule has 2 atom stereocenters. The molecule has 4 aliphatic heterocycles. The van der Waals surface area contributed by atoms with Gasteiger partial charge in [-0.2, -0.15) is 0 Å². The van der Waals surface area contributed by atoms with Crippen LogP contribution in [0.1, 0.15) is 113 Å². The van der Waals surface area contributed by atoms with Crippen LogP contribution in [0.15, 0.2) is 91.0 Å². The number of carbonyl (C=O) groups is 3. The second kappa shape index (κ2) is 16.4. The van der Waals surface area contributed by atoms with Crippen LogP contribution < -0.4 is 29.3 Å². The minimum absolute atomic E-state index is 0.00897. The average molecular weight is 818 g/mol. The number of hydrogen-bond acceptors (Lipinski definition) is 6. The van der Waals surface area contributed by atoms with Gasteiger partial charge in [0.15, 0.2) is 11.5 Å². The quantitative estimate of drug-likeness (QED) is 0.143. The van der Waals surface area contributed by atoms with E-state index in [0.717, 1.165) is 102 Å². The molecule has 0 unspecified atom stereocenters. The lowest BCUT2D eigenvalue weighted by molar-refractivity contribution is -0.116. The number of methoxy groups -OCH3 is 1. The molecule has 61 heavy (non-hydrogen) atoms. The summed E-state index contributed by atoms with van der Waals surface area (Å²) < 4.78 is 18.9. The number of amides is 3. The van der Waals surface area contributed by atoms with Crippen LogP contribution in [-0.2, 0) is 43.7 Å². The van der Waals surface area contributed by atoms with Gasteiger partial charge in [0.1, 0.15) is 19.0 Å². The number of ether oxygens (including phenoxy) is 3. The van der Waals surface area contributed by atoms with Crippen LogP contribution in [0.2, 0.25) is 0 Å². The van der Waals surface area contributed by atoms with E-state index in [9.17, 15) is 14.4 Å². The van der Waals surface area contributed by atoms with Gasteiger partial charge in [-0.15, -0.1) is 0 Å². The first kappa shape index (κ1) is 40.3. The molecule has 0 saturated heterocycles. The lowest BCUT2D eigenvalue weighted by Crippen LogP contribution is -2.36. The van der Waals surface area contributed by atoms with Gasteiger partial charge in [0.2, 0.25) is 5.91 Å². The van der Waals surface area contributed by atoms with Crippen LogP contribution in [0.4, 0.5) is 17.1 Å². The zero-order chi connectivity index (χ0) is 42.4.